The lowest BCUT2D eigenvalue weighted by Crippen LogP contribution is -2.13. The van der Waals surface area contributed by atoms with Gasteiger partial charge in [0.25, 0.3) is 0 Å². The number of nitrogens with two attached hydrogens (primary N) is 1. The van der Waals surface area contributed by atoms with E-state index in [1.807, 2.05) is 0 Å². The molecule has 0 saturated carbocycles. The average molecular weight is 304 g/mol. The van der Waals surface area contributed by atoms with Crippen LogP contribution in [0.15, 0.2) is 43.0 Å². The maximum absolute atomic E-state index is 6.04. The van der Waals surface area contributed by atoms with Crippen LogP contribution in [0, 0.1) is 0 Å². The highest BCUT2D eigenvalue weighted by molar-refractivity contribution is 6.32. The summed E-state index contributed by atoms with van der Waals surface area (Å²) in [4.78, 5) is 16.3. The van der Waals surface area contributed by atoms with Crippen LogP contribution in [-0.4, -0.2) is 24.5 Å². The van der Waals surface area contributed by atoms with E-state index in [1.165, 1.54) is 0 Å². The van der Waals surface area contributed by atoms with E-state index in [9.17, 15) is 0 Å². The van der Waals surface area contributed by atoms with Gasteiger partial charge in [0.15, 0.2) is 0 Å². The third-order valence-electron chi connectivity index (χ3n) is 2.51. The molecule has 21 heavy (non-hydrogen) atoms. The van der Waals surface area contributed by atoms with Gasteiger partial charge in [-0.2, -0.15) is 15.0 Å². The first kappa shape index (κ1) is 13.3. The van der Waals surface area contributed by atoms with Crippen molar-refractivity contribution in [3.05, 3.63) is 48.0 Å². The number of hydrogen-bond acceptors (Lipinski definition) is 7. The first-order valence-electron chi connectivity index (χ1n) is 5.89. The monoisotopic (exact) mass is 303 g/mol. The van der Waals surface area contributed by atoms with E-state index in [0.717, 1.165) is 0 Å². The van der Waals surface area contributed by atoms with Crippen molar-refractivity contribution in [1.29, 1.82) is 0 Å². The van der Waals surface area contributed by atoms with Crippen LogP contribution < -0.4 is 16.0 Å². The van der Waals surface area contributed by atoms with E-state index in [0.29, 0.717) is 16.7 Å². The minimum Gasteiger partial charge on any atom is -0.423 e. The number of hydrazine groups is 1. The molecule has 0 atom stereocenters. The maximum Gasteiger partial charge on any atom is 0.328 e. The zero-order valence-electron chi connectivity index (χ0n) is 10.6. The van der Waals surface area contributed by atoms with Gasteiger partial charge < -0.3 is 4.74 Å². The molecule has 0 aliphatic heterocycles. The molecular formula is C12H10ClN7O. The number of anilines is 1. The number of halogens is 1. The molecule has 9 heteroatoms. The maximum atomic E-state index is 6.04. The van der Waals surface area contributed by atoms with Gasteiger partial charge in [-0.15, -0.1) is 0 Å². The zero-order valence-corrected chi connectivity index (χ0v) is 11.4. The molecular weight excluding hydrogens is 294 g/mol. The Hall–Kier alpha value is -2.71. The van der Waals surface area contributed by atoms with Crippen LogP contribution in [0.5, 0.6) is 11.8 Å². The fraction of sp³-hybridized carbons (Fsp3) is 0. The smallest absolute Gasteiger partial charge is 0.328 e. The normalized spacial score (nSPS) is 10.4. The minimum absolute atomic E-state index is 0.0646. The quantitative estimate of drug-likeness (QED) is 0.559. The molecule has 2 heterocycles. The van der Waals surface area contributed by atoms with Gasteiger partial charge in [0.05, 0.1) is 5.02 Å². The number of hydrogen-bond donors (Lipinski definition) is 2. The number of imidazole rings is 1. The van der Waals surface area contributed by atoms with Gasteiger partial charge in [0.2, 0.25) is 11.9 Å². The van der Waals surface area contributed by atoms with Crippen molar-refractivity contribution in [2.75, 3.05) is 5.43 Å². The van der Waals surface area contributed by atoms with Crippen LogP contribution in [0.1, 0.15) is 0 Å². The van der Waals surface area contributed by atoms with E-state index in [2.05, 4.69) is 25.4 Å². The molecule has 0 spiro atoms. The summed E-state index contributed by atoms with van der Waals surface area (Å²) in [6, 6.07) is 7.07. The van der Waals surface area contributed by atoms with Crippen molar-refractivity contribution in [2.24, 2.45) is 5.84 Å². The predicted octanol–water partition coefficient (Wildman–Crippen LogP) is 1.79. The molecule has 0 amide bonds. The second kappa shape index (κ2) is 5.73. The molecule has 1 aromatic carbocycles. The summed E-state index contributed by atoms with van der Waals surface area (Å²) in [5.74, 6) is 6.27. The zero-order chi connectivity index (χ0) is 14.7. The van der Waals surface area contributed by atoms with Crippen LogP contribution in [0.25, 0.3) is 5.95 Å². The molecule has 0 aliphatic carbocycles. The summed E-state index contributed by atoms with van der Waals surface area (Å²) in [6.45, 7) is 0. The Morgan fingerprint density at radius 2 is 2.05 bits per heavy atom. The van der Waals surface area contributed by atoms with Crippen LogP contribution in [0.4, 0.5) is 5.95 Å². The van der Waals surface area contributed by atoms with E-state index in [-0.39, 0.29) is 12.0 Å². The molecule has 8 nitrogen and oxygen atoms in total. The van der Waals surface area contributed by atoms with Crippen LogP contribution in [-0.2, 0) is 0 Å². The predicted molar refractivity (Wildman–Crippen MR) is 76.3 cm³/mol. The molecule has 0 aliphatic rings. The average Bonchev–Trinajstić information content (AvgIpc) is 3.04. The van der Waals surface area contributed by atoms with Gasteiger partial charge in [0, 0.05) is 12.4 Å². The molecule has 0 unspecified atom stereocenters. The molecule has 3 N–H and O–H groups in total. The van der Waals surface area contributed by atoms with Gasteiger partial charge in [-0.1, -0.05) is 23.7 Å². The summed E-state index contributed by atoms with van der Waals surface area (Å²) in [5, 5.41) is 0.448. The van der Waals surface area contributed by atoms with Gasteiger partial charge in [0.1, 0.15) is 12.1 Å². The van der Waals surface area contributed by atoms with E-state index in [4.69, 9.17) is 22.2 Å². The number of ether oxygens (including phenoxy) is 1. The van der Waals surface area contributed by atoms with Crippen LogP contribution >= 0.6 is 11.6 Å². The molecule has 0 radical (unpaired) electrons. The molecule has 3 aromatic rings. The van der Waals surface area contributed by atoms with Crippen molar-refractivity contribution < 1.29 is 4.74 Å². The molecule has 3 rings (SSSR count). The SMILES string of the molecule is NNc1nc(Oc2ccccc2Cl)nc(-n2ccnc2)n1. The number of nitrogens with one attached hydrogen (secondary N) is 1. The molecule has 106 valence electrons. The van der Waals surface area contributed by atoms with Gasteiger partial charge in [-0.05, 0) is 12.1 Å². The number of nitrogens with zero attached hydrogens (tertiary/aromatic N) is 5. The Bertz CT molecular complexity index is 747. The molecule has 0 bridgehead atoms. The lowest BCUT2D eigenvalue weighted by molar-refractivity contribution is 0.439. The van der Waals surface area contributed by atoms with Crippen molar-refractivity contribution in [3.8, 4) is 17.7 Å². The summed E-state index contributed by atoms with van der Waals surface area (Å²) >= 11 is 6.04. The Morgan fingerprint density at radius 3 is 2.76 bits per heavy atom. The number of rotatable bonds is 4. The molecule has 0 saturated heterocycles. The summed E-state index contributed by atoms with van der Waals surface area (Å²) < 4.78 is 7.17. The fourth-order valence-corrected chi connectivity index (χ4v) is 1.75. The second-order valence-corrected chi connectivity index (χ2v) is 4.30. The highest BCUT2D eigenvalue weighted by atomic mass is 35.5. The first-order chi connectivity index (χ1) is 10.3. The highest BCUT2D eigenvalue weighted by Crippen LogP contribution is 2.27. The van der Waals surface area contributed by atoms with Crippen LogP contribution in [0.3, 0.4) is 0 Å². The lowest BCUT2D eigenvalue weighted by atomic mass is 10.3. The third-order valence-corrected chi connectivity index (χ3v) is 2.82. The summed E-state index contributed by atoms with van der Waals surface area (Å²) in [5.41, 5.74) is 2.36. The van der Waals surface area contributed by atoms with Gasteiger partial charge in [-0.25, -0.2) is 10.8 Å². The molecule has 2 aromatic heterocycles. The number of para-hydroxylation sites is 1. The first-order valence-corrected chi connectivity index (χ1v) is 6.27. The summed E-state index contributed by atoms with van der Waals surface area (Å²) in [6.07, 6.45) is 4.84. The minimum atomic E-state index is 0.0646. The van der Waals surface area contributed by atoms with E-state index < -0.39 is 0 Å². The summed E-state index contributed by atoms with van der Waals surface area (Å²) in [7, 11) is 0. The second-order valence-electron chi connectivity index (χ2n) is 3.89. The van der Waals surface area contributed by atoms with E-state index in [1.54, 1.807) is 47.6 Å². The topological polar surface area (TPSA) is 104 Å². The fourth-order valence-electron chi connectivity index (χ4n) is 1.57. The number of nitrogen functional groups attached to an aromatic ring is 1. The van der Waals surface area contributed by atoms with Crippen molar-refractivity contribution >= 4 is 17.5 Å². The largest absolute Gasteiger partial charge is 0.423 e. The highest BCUT2D eigenvalue weighted by Gasteiger charge is 2.10. The number of benzene rings is 1. The van der Waals surface area contributed by atoms with Crippen molar-refractivity contribution in [3.63, 3.8) is 0 Å². The number of aromatic nitrogens is 5. The van der Waals surface area contributed by atoms with Crippen molar-refractivity contribution in [1.82, 2.24) is 24.5 Å². The van der Waals surface area contributed by atoms with Gasteiger partial charge >= 0.3 is 6.01 Å². The Morgan fingerprint density at radius 1 is 1.19 bits per heavy atom. The van der Waals surface area contributed by atoms with Crippen LogP contribution in [0.2, 0.25) is 5.02 Å². The standard InChI is InChI=1S/C12H10ClN7O/c13-8-3-1-2-4-9(8)21-12-17-10(19-14)16-11(18-12)20-6-5-15-7-20/h1-7H,14H2,(H,16,17,18,19). The Kier molecular flexibility index (Phi) is 3.63. The Balaban J connectivity index is 1.99. The van der Waals surface area contributed by atoms with Gasteiger partial charge in [-0.3, -0.25) is 9.99 Å². The lowest BCUT2D eigenvalue weighted by Gasteiger charge is -2.08. The molecule has 0 fully saturated rings. The van der Waals surface area contributed by atoms with E-state index >= 15 is 0 Å². The van der Waals surface area contributed by atoms with Crippen molar-refractivity contribution in [2.45, 2.75) is 0 Å². The third kappa shape index (κ3) is 2.91. The Labute approximate surface area is 124 Å².